The molecule has 0 aliphatic carbocycles. The van der Waals surface area contributed by atoms with Gasteiger partial charge < -0.3 is 0 Å². The van der Waals surface area contributed by atoms with Crippen LogP contribution in [0.4, 0.5) is 0 Å². The van der Waals surface area contributed by atoms with Crippen LogP contribution < -0.4 is 5.32 Å². The molecule has 1 aromatic rings. The van der Waals surface area contributed by atoms with Crippen molar-refractivity contribution in [1.82, 2.24) is 5.32 Å². The molecule has 0 saturated heterocycles. The Morgan fingerprint density at radius 1 is 1.42 bits per heavy atom. The monoisotopic (exact) mass is 155 g/mol. The molecule has 1 heterocycles. The molecule has 57 valence electrons. The topological polar surface area (TPSA) is 37.9 Å². The average Bonchev–Trinajstić information content (AvgIpc) is 2.17. The summed E-state index contributed by atoms with van der Waals surface area (Å²) in [7, 11) is 0. The third-order valence-corrected chi connectivity index (χ3v) is 1.94. The van der Waals surface area contributed by atoms with E-state index >= 15 is 0 Å². The lowest BCUT2D eigenvalue weighted by molar-refractivity contribution is 0.839. The average molecular weight is 155 g/mol. The Balaban J connectivity index is 2.63. The van der Waals surface area contributed by atoms with E-state index in [1.165, 1.54) is 0 Å². The highest BCUT2D eigenvalue weighted by atomic mass is 14.8. The molecular weight excluding hydrogens is 148 g/mol. The molecule has 1 aromatic carbocycles. The number of nitriles is 1. The van der Waals surface area contributed by atoms with Crippen molar-refractivity contribution in [3.8, 4) is 6.07 Å². The normalized spacial score (nSPS) is 12.9. The molecule has 2 heteroatoms. The number of hydrogen-bond acceptors (Lipinski definition) is 1. The molecule has 0 fully saturated rings. The van der Waals surface area contributed by atoms with Gasteiger partial charge in [-0.05, 0) is 23.3 Å². The Bertz CT molecular complexity index is 372. The van der Waals surface area contributed by atoms with Crippen LogP contribution in [0.25, 0.3) is 6.08 Å². The molecule has 1 radical (unpaired) electrons. The highest BCUT2D eigenvalue weighted by Gasteiger charge is 2.08. The standard InChI is InChI=1S/C10H7N2/c11-6-9-3-1-2-8-4-5-12-7-10(8)9/h1-5H,7H2. The Labute approximate surface area is 71.1 Å². The first-order valence-corrected chi connectivity index (χ1v) is 3.77. The maximum absolute atomic E-state index is 8.78. The molecule has 0 unspecified atom stereocenters. The molecule has 1 aliphatic rings. The number of fused-ring (bicyclic) bond motifs is 1. The van der Waals surface area contributed by atoms with Gasteiger partial charge in [0.05, 0.1) is 18.2 Å². The van der Waals surface area contributed by atoms with Gasteiger partial charge in [-0.25, -0.2) is 0 Å². The molecule has 0 atom stereocenters. The summed E-state index contributed by atoms with van der Waals surface area (Å²) in [5.41, 5.74) is 2.90. The fourth-order valence-electron chi connectivity index (χ4n) is 1.32. The van der Waals surface area contributed by atoms with Gasteiger partial charge in [0, 0.05) is 6.20 Å². The lowest BCUT2D eigenvalue weighted by Gasteiger charge is -2.10. The third kappa shape index (κ3) is 0.960. The molecule has 0 amide bonds. The summed E-state index contributed by atoms with van der Waals surface area (Å²) < 4.78 is 0. The van der Waals surface area contributed by atoms with E-state index in [1.54, 1.807) is 6.20 Å². The summed E-state index contributed by atoms with van der Waals surface area (Å²) in [5, 5.41) is 12.9. The van der Waals surface area contributed by atoms with Gasteiger partial charge >= 0.3 is 0 Å². The second kappa shape index (κ2) is 2.71. The van der Waals surface area contributed by atoms with Crippen molar-refractivity contribution in [2.24, 2.45) is 0 Å². The SMILES string of the molecule is N#Cc1cccc2c1C[N]C=C2. The summed E-state index contributed by atoms with van der Waals surface area (Å²) in [6, 6.07) is 7.89. The molecule has 0 bridgehead atoms. The number of benzene rings is 1. The van der Waals surface area contributed by atoms with Gasteiger partial charge in [-0.3, -0.25) is 5.32 Å². The van der Waals surface area contributed by atoms with Crippen molar-refractivity contribution >= 4 is 6.08 Å². The van der Waals surface area contributed by atoms with Crippen LogP contribution in [0.2, 0.25) is 0 Å². The van der Waals surface area contributed by atoms with Gasteiger partial charge in [0.1, 0.15) is 0 Å². The van der Waals surface area contributed by atoms with E-state index in [4.69, 9.17) is 5.26 Å². The largest absolute Gasteiger partial charge is 0.288 e. The minimum absolute atomic E-state index is 0.634. The predicted molar refractivity (Wildman–Crippen MR) is 46.0 cm³/mol. The van der Waals surface area contributed by atoms with Crippen molar-refractivity contribution in [2.75, 3.05) is 0 Å². The van der Waals surface area contributed by atoms with Crippen LogP contribution >= 0.6 is 0 Å². The van der Waals surface area contributed by atoms with E-state index in [-0.39, 0.29) is 0 Å². The summed E-state index contributed by atoms with van der Waals surface area (Å²) in [6.07, 6.45) is 3.71. The number of hydrogen-bond donors (Lipinski definition) is 0. The number of nitrogens with zero attached hydrogens (tertiary/aromatic N) is 2. The van der Waals surface area contributed by atoms with Crippen molar-refractivity contribution in [1.29, 1.82) is 5.26 Å². The molecule has 0 saturated carbocycles. The van der Waals surface area contributed by atoms with Crippen LogP contribution in [0, 0.1) is 11.3 Å². The Morgan fingerprint density at radius 3 is 3.17 bits per heavy atom. The summed E-state index contributed by atoms with van der Waals surface area (Å²) in [5.74, 6) is 0. The zero-order chi connectivity index (χ0) is 8.39. The summed E-state index contributed by atoms with van der Waals surface area (Å²) >= 11 is 0. The highest BCUT2D eigenvalue weighted by Crippen LogP contribution is 2.18. The van der Waals surface area contributed by atoms with Crippen LogP contribution in [-0.4, -0.2) is 0 Å². The molecule has 0 spiro atoms. The lowest BCUT2D eigenvalue weighted by Crippen LogP contribution is -2.05. The second-order valence-electron chi connectivity index (χ2n) is 2.64. The van der Waals surface area contributed by atoms with E-state index in [1.807, 2.05) is 24.3 Å². The van der Waals surface area contributed by atoms with Gasteiger partial charge in [0.15, 0.2) is 0 Å². The van der Waals surface area contributed by atoms with Crippen molar-refractivity contribution in [3.05, 3.63) is 41.1 Å². The lowest BCUT2D eigenvalue weighted by atomic mass is 10.00. The van der Waals surface area contributed by atoms with Crippen LogP contribution in [-0.2, 0) is 6.54 Å². The van der Waals surface area contributed by atoms with Gasteiger partial charge in [-0.2, -0.15) is 5.26 Å². The molecule has 0 aromatic heterocycles. The molecule has 1 aliphatic heterocycles. The molecule has 12 heavy (non-hydrogen) atoms. The van der Waals surface area contributed by atoms with Crippen LogP contribution in [0.1, 0.15) is 16.7 Å². The van der Waals surface area contributed by atoms with E-state index < -0.39 is 0 Å². The minimum atomic E-state index is 0.634. The Hall–Kier alpha value is -1.75. The fraction of sp³-hybridized carbons (Fsp3) is 0.100. The number of rotatable bonds is 0. The maximum atomic E-state index is 8.78. The molecule has 2 nitrogen and oxygen atoms in total. The molecule has 0 N–H and O–H groups in total. The maximum Gasteiger partial charge on any atom is 0.0995 e. The zero-order valence-corrected chi connectivity index (χ0v) is 6.49. The zero-order valence-electron chi connectivity index (χ0n) is 6.49. The predicted octanol–water partition coefficient (Wildman–Crippen LogP) is 1.65. The van der Waals surface area contributed by atoms with E-state index in [0.29, 0.717) is 6.54 Å². The first kappa shape index (κ1) is 6.93. The second-order valence-corrected chi connectivity index (χ2v) is 2.64. The van der Waals surface area contributed by atoms with Crippen LogP contribution in [0.3, 0.4) is 0 Å². The van der Waals surface area contributed by atoms with E-state index in [0.717, 1.165) is 16.7 Å². The quantitative estimate of drug-likeness (QED) is 0.561. The fourth-order valence-corrected chi connectivity index (χ4v) is 1.32. The van der Waals surface area contributed by atoms with Crippen molar-refractivity contribution in [3.63, 3.8) is 0 Å². The van der Waals surface area contributed by atoms with Crippen LogP contribution in [0.15, 0.2) is 24.4 Å². The Morgan fingerprint density at radius 2 is 2.33 bits per heavy atom. The van der Waals surface area contributed by atoms with Gasteiger partial charge in [0.2, 0.25) is 0 Å². The molecule has 2 rings (SSSR count). The van der Waals surface area contributed by atoms with Crippen LogP contribution in [0.5, 0.6) is 0 Å². The van der Waals surface area contributed by atoms with E-state index in [9.17, 15) is 0 Å². The smallest absolute Gasteiger partial charge is 0.0995 e. The third-order valence-electron chi connectivity index (χ3n) is 1.94. The highest BCUT2D eigenvalue weighted by molar-refractivity contribution is 5.59. The van der Waals surface area contributed by atoms with E-state index in [2.05, 4.69) is 11.4 Å². The van der Waals surface area contributed by atoms with Crippen molar-refractivity contribution < 1.29 is 0 Å². The Kier molecular flexibility index (Phi) is 1.56. The summed E-state index contributed by atoms with van der Waals surface area (Å²) in [6.45, 7) is 0.634. The first-order chi connectivity index (χ1) is 5.92. The van der Waals surface area contributed by atoms with Crippen molar-refractivity contribution in [2.45, 2.75) is 6.54 Å². The molecular formula is C10H7N2. The van der Waals surface area contributed by atoms with Gasteiger partial charge in [0.25, 0.3) is 0 Å². The minimum Gasteiger partial charge on any atom is -0.288 e. The van der Waals surface area contributed by atoms with Gasteiger partial charge in [-0.15, -0.1) is 0 Å². The van der Waals surface area contributed by atoms with Gasteiger partial charge in [-0.1, -0.05) is 12.1 Å². The first-order valence-electron chi connectivity index (χ1n) is 3.77. The summed E-state index contributed by atoms with van der Waals surface area (Å²) in [4.78, 5) is 0.